The standard InChI is InChI=1S/C5H7N3OS/c1-4(6-9)5-3-8(2)7-10-5/h3H,1-2H3/p+1. The van der Waals surface area contributed by atoms with Gasteiger partial charge in [-0.1, -0.05) is 9.84 Å². The van der Waals surface area contributed by atoms with E-state index in [1.165, 1.54) is 11.5 Å². The Morgan fingerprint density at radius 1 is 1.90 bits per heavy atom. The van der Waals surface area contributed by atoms with E-state index in [2.05, 4.69) is 9.64 Å². The van der Waals surface area contributed by atoms with Gasteiger partial charge >= 0.3 is 0 Å². The average Bonchev–Trinajstić information content (AvgIpc) is 2.34. The second-order valence-electron chi connectivity index (χ2n) is 1.93. The molecule has 0 aliphatic carbocycles. The lowest BCUT2D eigenvalue weighted by atomic mass is 10.4. The van der Waals surface area contributed by atoms with Crippen molar-refractivity contribution in [1.82, 2.24) is 4.49 Å². The van der Waals surface area contributed by atoms with Crippen molar-refractivity contribution in [2.45, 2.75) is 6.92 Å². The molecule has 1 rings (SSSR count). The third kappa shape index (κ3) is 1.30. The van der Waals surface area contributed by atoms with Crippen LogP contribution in [-0.4, -0.2) is 15.4 Å². The van der Waals surface area contributed by atoms with Crippen LogP contribution in [0.5, 0.6) is 0 Å². The van der Waals surface area contributed by atoms with Crippen molar-refractivity contribution in [3.63, 3.8) is 0 Å². The first-order chi connectivity index (χ1) is 4.74. The van der Waals surface area contributed by atoms with Gasteiger partial charge in [0.2, 0.25) is 6.20 Å². The number of nitrogens with zero attached hydrogens (tertiary/aromatic N) is 3. The van der Waals surface area contributed by atoms with Gasteiger partial charge < -0.3 is 5.21 Å². The molecule has 0 aliphatic rings. The Hall–Kier alpha value is -0.970. The highest BCUT2D eigenvalue weighted by molar-refractivity contribution is 7.07. The average molecular weight is 158 g/mol. The van der Waals surface area contributed by atoms with Gasteiger partial charge in [-0.25, -0.2) is 0 Å². The lowest BCUT2D eigenvalue weighted by molar-refractivity contribution is -0.722. The Bertz CT molecular complexity index is 255. The summed E-state index contributed by atoms with van der Waals surface area (Å²) in [5.41, 5.74) is 0.595. The summed E-state index contributed by atoms with van der Waals surface area (Å²) in [5.74, 6) is 0. The molecule has 1 N–H and O–H groups in total. The normalized spacial score (nSPS) is 12.0. The maximum atomic E-state index is 8.36. The van der Waals surface area contributed by atoms with Crippen molar-refractivity contribution < 1.29 is 9.89 Å². The van der Waals surface area contributed by atoms with E-state index in [4.69, 9.17) is 5.21 Å². The van der Waals surface area contributed by atoms with Crippen LogP contribution in [0, 0.1) is 0 Å². The number of hydrogen-bond donors (Lipinski definition) is 1. The summed E-state index contributed by atoms with van der Waals surface area (Å²) < 4.78 is 5.63. The van der Waals surface area contributed by atoms with Crippen LogP contribution < -0.4 is 4.68 Å². The first kappa shape index (κ1) is 7.14. The number of oxime groups is 1. The van der Waals surface area contributed by atoms with Crippen LogP contribution >= 0.6 is 11.5 Å². The Balaban J connectivity index is 2.95. The summed E-state index contributed by atoms with van der Waals surface area (Å²) in [6.45, 7) is 1.73. The lowest BCUT2D eigenvalue weighted by Gasteiger charge is -1.82. The predicted molar refractivity (Wildman–Crippen MR) is 37.3 cm³/mol. The molecule has 0 amide bonds. The molecule has 0 saturated carbocycles. The predicted octanol–water partition coefficient (Wildman–Crippen LogP) is 0.166. The summed E-state index contributed by atoms with van der Waals surface area (Å²) in [5, 5.41) is 11.4. The van der Waals surface area contributed by atoms with Crippen LogP contribution in [0.3, 0.4) is 0 Å². The van der Waals surface area contributed by atoms with Gasteiger partial charge in [0.15, 0.2) is 7.05 Å². The zero-order chi connectivity index (χ0) is 7.56. The minimum atomic E-state index is 0.595. The SMILES string of the molecule is CC(=NO)c1c[n+](C)ns1. The van der Waals surface area contributed by atoms with Gasteiger partial charge in [0.05, 0.1) is 4.49 Å². The molecule has 0 aromatic carbocycles. The molecule has 0 radical (unpaired) electrons. The van der Waals surface area contributed by atoms with Gasteiger partial charge in [-0.3, -0.25) is 0 Å². The molecular formula is C5H8N3OS+. The molecule has 0 fully saturated rings. The molecule has 0 saturated heterocycles. The molecule has 4 nitrogen and oxygen atoms in total. The maximum absolute atomic E-state index is 8.36. The van der Waals surface area contributed by atoms with Crippen molar-refractivity contribution in [1.29, 1.82) is 0 Å². The minimum absolute atomic E-state index is 0.595. The molecule has 0 spiro atoms. The second kappa shape index (κ2) is 2.74. The third-order valence-corrected chi connectivity index (χ3v) is 2.02. The van der Waals surface area contributed by atoms with Crippen LogP contribution in [0.4, 0.5) is 0 Å². The van der Waals surface area contributed by atoms with E-state index in [0.717, 1.165) is 4.88 Å². The van der Waals surface area contributed by atoms with E-state index in [1.807, 2.05) is 7.05 Å². The van der Waals surface area contributed by atoms with Gasteiger partial charge in [-0.2, -0.15) is 0 Å². The Kier molecular flexibility index (Phi) is 1.96. The zero-order valence-electron chi connectivity index (χ0n) is 5.77. The molecule has 0 atom stereocenters. The molecule has 1 heterocycles. The highest BCUT2D eigenvalue weighted by Gasteiger charge is 2.07. The minimum Gasteiger partial charge on any atom is -0.411 e. The molecule has 0 unspecified atom stereocenters. The molecule has 1 aromatic heterocycles. The summed E-state index contributed by atoms with van der Waals surface area (Å²) in [6.07, 6.45) is 1.81. The van der Waals surface area contributed by atoms with Crippen molar-refractivity contribution in [3.05, 3.63) is 11.1 Å². The quantitative estimate of drug-likeness (QED) is 0.274. The van der Waals surface area contributed by atoms with Gasteiger partial charge in [0.25, 0.3) is 0 Å². The maximum Gasteiger partial charge on any atom is 0.217 e. The number of aromatic nitrogens is 2. The van der Waals surface area contributed by atoms with Crippen LogP contribution in [0.2, 0.25) is 0 Å². The van der Waals surface area contributed by atoms with Crippen LogP contribution in [0.15, 0.2) is 11.4 Å². The fraction of sp³-hybridized carbons (Fsp3) is 0.400. The Labute approximate surface area is 62.6 Å². The molecule has 10 heavy (non-hydrogen) atoms. The number of hydrogen-bond acceptors (Lipinski definition) is 4. The van der Waals surface area contributed by atoms with Crippen molar-refractivity contribution in [2.75, 3.05) is 0 Å². The van der Waals surface area contributed by atoms with E-state index in [9.17, 15) is 0 Å². The Morgan fingerprint density at radius 3 is 3.00 bits per heavy atom. The fourth-order valence-electron chi connectivity index (χ4n) is 0.534. The van der Waals surface area contributed by atoms with E-state index >= 15 is 0 Å². The lowest BCUT2D eigenvalue weighted by Crippen LogP contribution is -2.27. The van der Waals surface area contributed by atoms with E-state index in [0.29, 0.717) is 5.71 Å². The van der Waals surface area contributed by atoms with Crippen molar-refractivity contribution in [2.24, 2.45) is 12.2 Å². The van der Waals surface area contributed by atoms with Crippen molar-refractivity contribution >= 4 is 17.2 Å². The van der Waals surface area contributed by atoms with Gasteiger partial charge in [-0.15, -0.1) is 0 Å². The highest BCUT2D eigenvalue weighted by Crippen LogP contribution is 2.01. The van der Waals surface area contributed by atoms with E-state index < -0.39 is 0 Å². The monoisotopic (exact) mass is 158 g/mol. The van der Waals surface area contributed by atoms with Gasteiger partial charge in [0, 0.05) is 11.5 Å². The summed E-state index contributed by atoms with van der Waals surface area (Å²) >= 11 is 1.30. The topological polar surface area (TPSA) is 49.4 Å². The zero-order valence-corrected chi connectivity index (χ0v) is 6.59. The summed E-state index contributed by atoms with van der Waals surface area (Å²) in [7, 11) is 1.82. The Morgan fingerprint density at radius 2 is 2.60 bits per heavy atom. The number of rotatable bonds is 1. The van der Waals surface area contributed by atoms with E-state index in [1.54, 1.807) is 17.8 Å². The smallest absolute Gasteiger partial charge is 0.217 e. The molecular weight excluding hydrogens is 150 g/mol. The molecule has 0 bridgehead atoms. The summed E-state index contributed by atoms with van der Waals surface area (Å²) in [6, 6.07) is 0. The van der Waals surface area contributed by atoms with E-state index in [-0.39, 0.29) is 0 Å². The fourth-order valence-corrected chi connectivity index (χ4v) is 1.17. The van der Waals surface area contributed by atoms with Gasteiger partial charge in [-0.05, 0) is 6.92 Å². The van der Waals surface area contributed by atoms with Crippen LogP contribution in [0.1, 0.15) is 11.8 Å². The third-order valence-electron chi connectivity index (χ3n) is 1.08. The molecule has 54 valence electrons. The van der Waals surface area contributed by atoms with Crippen molar-refractivity contribution in [3.8, 4) is 0 Å². The van der Waals surface area contributed by atoms with Gasteiger partial charge in [0.1, 0.15) is 10.6 Å². The molecule has 0 aliphatic heterocycles. The largest absolute Gasteiger partial charge is 0.411 e. The molecule has 5 heteroatoms. The summed E-state index contributed by atoms with van der Waals surface area (Å²) in [4.78, 5) is 0.880. The first-order valence-electron chi connectivity index (χ1n) is 2.75. The second-order valence-corrected chi connectivity index (χ2v) is 2.71. The van der Waals surface area contributed by atoms with Crippen LogP contribution in [0.25, 0.3) is 0 Å². The number of aryl methyl sites for hydroxylation is 1. The highest BCUT2D eigenvalue weighted by atomic mass is 32.1. The molecule has 1 aromatic rings. The van der Waals surface area contributed by atoms with Crippen LogP contribution in [-0.2, 0) is 7.05 Å². The first-order valence-corrected chi connectivity index (χ1v) is 3.53.